The quantitative estimate of drug-likeness (QED) is 0.789. The largest absolute Gasteiger partial charge is 0.480 e. The van der Waals surface area contributed by atoms with E-state index in [1.165, 1.54) is 0 Å². The average Bonchev–Trinajstić information content (AvgIpc) is 2.92. The first-order chi connectivity index (χ1) is 7.29. The molecule has 0 unspecified atom stereocenters. The third-order valence-corrected chi connectivity index (χ3v) is 2.24. The number of carboxylic acids is 1. The molecular formula is C9H12F3NO3. The zero-order valence-corrected chi connectivity index (χ0v) is 8.46. The highest BCUT2D eigenvalue weighted by atomic mass is 19.4. The van der Waals surface area contributed by atoms with Crippen molar-refractivity contribution in [3.05, 3.63) is 0 Å². The van der Waals surface area contributed by atoms with E-state index in [2.05, 4.69) is 0 Å². The second-order valence-electron chi connectivity index (χ2n) is 3.76. The zero-order valence-electron chi connectivity index (χ0n) is 8.46. The molecule has 1 fully saturated rings. The summed E-state index contributed by atoms with van der Waals surface area (Å²) in [6, 6.07) is -0.183. The highest BCUT2D eigenvalue weighted by Crippen LogP contribution is 2.28. The van der Waals surface area contributed by atoms with E-state index < -0.39 is 37.4 Å². The van der Waals surface area contributed by atoms with Gasteiger partial charge in [0, 0.05) is 12.5 Å². The third-order valence-electron chi connectivity index (χ3n) is 2.24. The maximum Gasteiger partial charge on any atom is 0.389 e. The molecule has 0 radical (unpaired) electrons. The van der Waals surface area contributed by atoms with Gasteiger partial charge in [-0.1, -0.05) is 0 Å². The summed E-state index contributed by atoms with van der Waals surface area (Å²) in [5.41, 5.74) is 0. The van der Waals surface area contributed by atoms with Gasteiger partial charge in [0.05, 0.1) is 6.42 Å². The smallest absolute Gasteiger partial charge is 0.389 e. The molecule has 7 heteroatoms. The van der Waals surface area contributed by atoms with Gasteiger partial charge in [-0.3, -0.25) is 9.59 Å². The Balaban J connectivity index is 2.44. The summed E-state index contributed by atoms with van der Waals surface area (Å²) < 4.78 is 35.6. The normalized spacial score (nSPS) is 15.9. The first kappa shape index (κ1) is 12.8. The molecule has 0 saturated heterocycles. The summed E-state index contributed by atoms with van der Waals surface area (Å²) in [6.45, 7) is -0.513. The van der Waals surface area contributed by atoms with Crippen LogP contribution in [0.15, 0.2) is 0 Å². The van der Waals surface area contributed by atoms with Crippen molar-refractivity contribution in [3.8, 4) is 0 Å². The monoisotopic (exact) mass is 239 g/mol. The molecule has 0 aromatic rings. The van der Waals surface area contributed by atoms with E-state index in [-0.39, 0.29) is 6.04 Å². The first-order valence-corrected chi connectivity index (χ1v) is 4.87. The van der Waals surface area contributed by atoms with Crippen molar-refractivity contribution in [1.82, 2.24) is 4.90 Å². The minimum absolute atomic E-state index is 0.183. The fraction of sp³-hybridized carbons (Fsp3) is 0.778. The van der Waals surface area contributed by atoms with Gasteiger partial charge < -0.3 is 10.0 Å². The number of rotatable bonds is 5. The van der Waals surface area contributed by atoms with Crippen molar-refractivity contribution in [2.75, 3.05) is 6.54 Å². The van der Waals surface area contributed by atoms with E-state index in [4.69, 9.17) is 5.11 Å². The van der Waals surface area contributed by atoms with Gasteiger partial charge in [0.15, 0.2) is 0 Å². The molecule has 1 rings (SSSR count). The van der Waals surface area contributed by atoms with Crippen LogP contribution in [0.25, 0.3) is 0 Å². The van der Waals surface area contributed by atoms with Crippen LogP contribution < -0.4 is 0 Å². The van der Waals surface area contributed by atoms with Crippen LogP contribution in [0.4, 0.5) is 13.2 Å². The average molecular weight is 239 g/mol. The van der Waals surface area contributed by atoms with Crippen LogP contribution >= 0.6 is 0 Å². The van der Waals surface area contributed by atoms with Crippen molar-refractivity contribution in [2.45, 2.75) is 37.9 Å². The van der Waals surface area contributed by atoms with Gasteiger partial charge in [-0.25, -0.2) is 0 Å². The van der Waals surface area contributed by atoms with E-state index in [0.717, 1.165) is 4.90 Å². The maximum absolute atomic E-state index is 11.9. The SMILES string of the molecule is O=C(O)CN(C(=O)CCC(F)(F)F)C1CC1. The second-order valence-corrected chi connectivity index (χ2v) is 3.76. The van der Waals surface area contributed by atoms with Crippen molar-refractivity contribution < 1.29 is 27.9 Å². The lowest BCUT2D eigenvalue weighted by Crippen LogP contribution is -2.37. The third kappa shape index (κ3) is 4.50. The van der Waals surface area contributed by atoms with Gasteiger partial charge in [0.1, 0.15) is 6.54 Å². The van der Waals surface area contributed by atoms with Crippen LogP contribution in [0.5, 0.6) is 0 Å². The molecule has 16 heavy (non-hydrogen) atoms. The van der Waals surface area contributed by atoms with Gasteiger partial charge >= 0.3 is 12.1 Å². The molecule has 0 bridgehead atoms. The summed E-state index contributed by atoms with van der Waals surface area (Å²) in [5, 5.41) is 8.52. The molecule has 1 aliphatic rings. The van der Waals surface area contributed by atoms with Crippen molar-refractivity contribution in [2.24, 2.45) is 0 Å². The van der Waals surface area contributed by atoms with Gasteiger partial charge in [-0.15, -0.1) is 0 Å². The Morgan fingerprint density at radius 1 is 1.31 bits per heavy atom. The van der Waals surface area contributed by atoms with Crippen LogP contribution in [-0.2, 0) is 9.59 Å². The van der Waals surface area contributed by atoms with Crippen LogP contribution in [0, 0.1) is 0 Å². The highest BCUT2D eigenvalue weighted by molar-refractivity contribution is 5.81. The molecule has 0 aromatic carbocycles. The number of aliphatic carboxylic acids is 1. The molecule has 1 amide bonds. The topological polar surface area (TPSA) is 57.6 Å². The van der Waals surface area contributed by atoms with Crippen molar-refractivity contribution in [3.63, 3.8) is 0 Å². The molecule has 1 N–H and O–H groups in total. The summed E-state index contributed by atoms with van der Waals surface area (Å²) in [5.74, 6) is -1.94. The second kappa shape index (κ2) is 4.71. The molecular weight excluding hydrogens is 227 g/mol. The van der Waals surface area contributed by atoms with E-state index in [1.54, 1.807) is 0 Å². The fourth-order valence-electron chi connectivity index (χ4n) is 1.35. The standard InChI is InChI=1S/C9H12F3NO3/c10-9(11,12)4-3-7(14)13(5-8(15)16)6-1-2-6/h6H,1-5H2,(H,15,16). The Kier molecular flexibility index (Phi) is 3.77. The molecule has 0 aromatic heterocycles. The van der Waals surface area contributed by atoms with Gasteiger partial charge in [0.25, 0.3) is 0 Å². The molecule has 0 heterocycles. The Labute approximate surface area is 90.0 Å². The van der Waals surface area contributed by atoms with Gasteiger partial charge in [-0.2, -0.15) is 13.2 Å². The molecule has 0 atom stereocenters. The lowest BCUT2D eigenvalue weighted by molar-refractivity contribution is -0.152. The van der Waals surface area contributed by atoms with Gasteiger partial charge in [-0.05, 0) is 12.8 Å². The number of carbonyl (C=O) groups excluding carboxylic acids is 1. The Bertz CT molecular complexity index is 286. The van der Waals surface area contributed by atoms with E-state index in [1.807, 2.05) is 0 Å². The molecule has 0 spiro atoms. The first-order valence-electron chi connectivity index (χ1n) is 4.87. The Morgan fingerprint density at radius 3 is 2.25 bits per heavy atom. The predicted molar refractivity (Wildman–Crippen MR) is 47.7 cm³/mol. The Morgan fingerprint density at radius 2 is 1.88 bits per heavy atom. The fourth-order valence-corrected chi connectivity index (χ4v) is 1.35. The maximum atomic E-state index is 11.9. The number of carbonyl (C=O) groups is 2. The molecule has 0 aliphatic heterocycles. The van der Waals surface area contributed by atoms with Crippen LogP contribution in [0.2, 0.25) is 0 Å². The lowest BCUT2D eigenvalue weighted by atomic mass is 10.2. The summed E-state index contributed by atoms with van der Waals surface area (Å²) in [4.78, 5) is 22.8. The van der Waals surface area contributed by atoms with Gasteiger partial charge in [0.2, 0.25) is 5.91 Å². The number of amides is 1. The van der Waals surface area contributed by atoms with Crippen LogP contribution in [-0.4, -0.2) is 40.6 Å². The number of halogens is 3. The summed E-state index contributed by atoms with van der Waals surface area (Å²) in [7, 11) is 0. The van der Waals surface area contributed by atoms with E-state index >= 15 is 0 Å². The lowest BCUT2D eigenvalue weighted by Gasteiger charge is -2.20. The predicted octanol–water partition coefficient (Wildman–Crippen LogP) is 1.40. The van der Waals surface area contributed by atoms with Crippen LogP contribution in [0.3, 0.4) is 0 Å². The number of alkyl halides is 3. The molecule has 1 saturated carbocycles. The molecule has 1 aliphatic carbocycles. The number of carboxylic acid groups (broad SMARTS) is 1. The number of hydrogen-bond donors (Lipinski definition) is 1. The highest BCUT2D eigenvalue weighted by Gasteiger charge is 2.35. The Hall–Kier alpha value is -1.27. The molecule has 92 valence electrons. The summed E-state index contributed by atoms with van der Waals surface area (Å²) >= 11 is 0. The number of hydrogen-bond acceptors (Lipinski definition) is 2. The van der Waals surface area contributed by atoms with E-state index in [0.29, 0.717) is 12.8 Å². The van der Waals surface area contributed by atoms with Crippen LogP contribution in [0.1, 0.15) is 25.7 Å². The van der Waals surface area contributed by atoms with Crippen molar-refractivity contribution >= 4 is 11.9 Å². The molecule has 4 nitrogen and oxygen atoms in total. The number of nitrogens with zero attached hydrogens (tertiary/aromatic N) is 1. The van der Waals surface area contributed by atoms with E-state index in [9.17, 15) is 22.8 Å². The minimum atomic E-state index is -4.38. The van der Waals surface area contributed by atoms with Crippen molar-refractivity contribution in [1.29, 1.82) is 0 Å². The summed E-state index contributed by atoms with van der Waals surface area (Å²) in [6.07, 6.45) is -4.91. The minimum Gasteiger partial charge on any atom is -0.480 e. The zero-order chi connectivity index (χ0) is 12.3.